The van der Waals surface area contributed by atoms with Crippen LogP contribution in [-0.2, 0) is 4.74 Å². The highest BCUT2D eigenvalue weighted by molar-refractivity contribution is 6.17. The molecule has 1 heterocycles. The van der Waals surface area contributed by atoms with Crippen LogP contribution < -0.4 is 5.32 Å². The van der Waals surface area contributed by atoms with E-state index in [0.717, 1.165) is 38.5 Å². The molecule has 0 amide bonds. The number of alkyl halides is 1. The van der Waals surface area contributed by atoms with Gasteiger partial charge < -0.3 is 10.1 Å². The molecule has 2 atom stereocenters. The Labute approximate surface area is 117 Å². The third kappa shape index (κ3) is 5.43. The predicted octanol–water partition coefficient (Wildman–Crippen LogP) is 2.34. The Morgan fingerprint density at radius 1 is 1.33 bits per heavy atom. The fourth-order valence-electron chi connectivity index (χ4n) is 2.41. The van der Waals surface area contributed by atoms with E-state index in [1.165, 1.54) is 0 Å². The zero-order valence-corrected chi connectivity index (χ0v) is 13.0. The molecule has 0 bridgehead atoms. The maximum absolute atomic E-state index is 5.85. The first kappa shape index (κ1) is 16.2. The summed E-state index contributed by atoms with van der Waals surface area (Å²) in [5.74, 6) is 1.34. The predicted molar refractivity (Wildman–Crippen MR) is 78.4 cm³/mol. The monoisotopic (exact) mass is 276 g/mol. The van der Waals surface area contributed by atoms with E-state index in [9.17, 15) is 0 Å². The quantitative estimate of drug-likeness (QED) is 0.723. The average Bonchev–Trinajstić information content (AvgIpc) is 2.34. The highest BCUT2D eigenvalue weighted by atomic mass is 35.5. The Hall–Kier alpha value is 0.170. The Morgan fingerprint density at radius 3 is 2.61 bits per heavy atom. The SMILES string of the molecule is CC(C)C(CCCl)NCC1CN(C(C)C)CCO1. The van der Waals surface area contributed by atoms with E-state index in [2.05, 4.69) is 37.9 Å². The van der Waals surface area contributed by atoms with Crippen molar-refractivity contribution >= 4 is 11.6 Å². The first-order chi connectivity index (χ1) is 8.54. The normalized spacial score (nSPS) is 23.8. The summed E-state index contributed by atoms with van der Waals surface area (Å²) in [6, 6.07) is 1.11. The summed E-state index contributed by atoms with van der Waals surface area (Å²) in [6.07, 6.45) is 1.34. The zero-order valence-electron chi connectivity index (χ0n) is 12.3. The standard InChI is InChI=1S/C14H29ClN2O/c1-11(2)14(5-6-15)16-9-13-10-17(12(3)4)7-8-18-13/h11-14,16H,5-10H2,1-4H3. The highest BCUT2D eigenvalue weighted by Gasteiger charge is 2.23. The van der Waals surface area contributed by atoms with Crippen molar-refractivity contribution < 1.29 is 4.74 Å². The van der Waals surface area contributed by atoms with E-state index in [4.69, 9.17) is 16.3 Å². The van der Waals surface area contributed by atoms with Crippen molar-refractivity contribution in [2.45, 2.75) is 52.3 Å². The molecule has 3 nitrogen and oxygen atoms in total. The zero-order chi connectivity index (χ0) is 13.5. The van der Waals surface area contributed by atoms with Crippen molar-refractivity contribution in [1.82, 2.24) is 10.2 Å². The fraction of sp³-hybridized carbons (Fsp3) is 1.00. The van der Waals surface area contributed by atoms with Crippen LogP contribution in [0, 0.1) is 5.92 Å². The Bertz CT molecular complexity index is 224. The van der Waals surface area contributed by atoms with Gasteiger partial charge in [-0.25, -0.2) is 0 Å². The lowest BCUT2D eigenvalue weighted by Crippen LogP contribution is -2.50. The molecular weight excluding hydrogens is 248 g/mol. The summed E-state index contributed by atoms with van der Waals surface area (Å²) >= 11 is 5.85. The summed E-state index contributed by atoms with van der Waals surface area (Å²) in [4.78, 5) is 2.49. The topological polar surface area (TPSA) is 24.5 Å². The number of nitrogens with zero attached hydrogens (tertiary/aromatic N) is 1. The second kappa shape index (κ2) is 8.36. The van der Waals surface area contributed by atoms with Crippen LogP contribution in [0.4, 0.5) is 0 Å². The van der Waals surface area contributed by atoms with Crippen molar-refractivity contribution in [1.29, 1.82) is 0 Å². The van der Waals surface area contributed by atoms with Gasteiger partial charge in [0.2, 0.25) is 0 Å². The third-order valence-electron chi connectivity index (χ3n) is 3.73. The highest BCUT2D eigenvalue weighted by Crippen LogP contribution is 2.11. The van der Waals surface area contributed by atoms with Crippen LogP contribution in [0.3, 0.4) is 0 Å². The van der Waals surface area contributed by atoms with E-state index >= 15 is 0 Å². The van der Waals surface area contributed by atoms with Gasteiger partial charge in [-0.05, 0) is 26.2 Å². The van der Waals surface area contributed by atoms with E-state index in [1.807, 2.05) is 0 Å². The molecule has 18 heavy (non-hydrogen) atoms. The van der Waals surface area contributed by atoms with Crippen molar-refractivity contribution in [3.63, 3.8) is 0 Å². The molecule has 1 fully saturated rings. The minimum atomic E-state index is 0.317. The molecule has 0 aromatic carbocycles. The summed E-state index contributed by atoms with van der Waals surface area (Å²) in [5, 5.41) is 3.61. The van der Waals surface area contributed by atoms with E-state index in [0.29, 0.717) is 24.1 Å². The minimum absolute atomic E-state index is 0.317. The molecule has 0 spiro atoms. The maximum atomic E-state index is 5.85. The van der Waals surface area contributed by atoms with Gasteiger partial charge >= 0.3 is 0 Å². The number of halogens is 1. The number of hydrogen-bond donors (Lipinski definition) is 1. The van der Waals surface area contributed by atoms with Gasteiger partial charge in [-0.2, -0.15) is 0 Å². The second-order valence-corrected chi connectivity index (χ2v) is 6.20. The van der Waals surface area contributed by atoms with Crippen LogP contribution in [0.15, 0.2) is 0 Å². The van der Waals surface area contributed by atoms with Gasteiger partial charge in [0.05, 0.1) is 12.7 Å². The molecule has 1 aliphatic heterocycles. The van der Waals surface area contributed by atoms with E-state index in [-0.39, 0.29) is 0 Å². The molecule has 4 heteroatoms. The number of hydrogen-bond acceptors (Lipinski definition) is 3. The van der Waals surface area contributed by atoms with Gasteiger partial charge in [0, 0.05) is 37.6 Å². The van der Waals surface area contributed by atoms with Crippen LogP contribution in [0.5, 0.6) is 0 Å². The molecule has 2 unspecified atom stereocenters. The van der Waals surface area contributed by atoms with Crippen LogP contribution in [0.2, 0.25) is 0 Å². The Balaban J connectivity index is 2.32. The Morgan fingerprint density at radius 2 is 2.06 bits per heavy atom. The lowest BCUT2D eigenvalue weighted by molar-refractivity contribution is -0.0386. The first-order valence-corrected chi connectivity index (χ1v) is 7.73. The van der Waals surface area contributed by atoms with Crippen LogP contribution in [-0.4, -0.2) is 55.2 Å². The molecular formula is C14H29ClN2O. The summed E-state index contributed by atoms with van der Waals surface area (Å²) in [7, 11) is 0. The first-order valence-electron chi connectivity index (χ1n) is 7.19. The van der Waals surface area contributed by atoms with Gasteiger partial charge in [0.25, 0.3) is 0 Å². The molecule has 0 saturated carbocycles. The summed E-state index contributed by atoms with van der Waals surface area (Å²) < 4.78 is 5.83. The van der Waals surface area contributed by atoms with Gasteiger partial charge in [0.1, 0.15) is 0 Å². The number of rotatable bonds is 7. The summed E-state index contributed by atoms with van der Waals surface area (Å²) in [5.41, 5.74) is 0. The molecule has 0 aromatic heterocycles. The number of morpholine rings is 1. The smallest absolute Gasteiger partial charge is 0.0826 e. The minimum Gasteiger partial charge on any atom is -0.374 e. The second-order valence-electron chi connectivity index (χ2n) is 5.82. The molecule has 1 aliphatic rings. The lowest BCUT2D eigenvalue weighted by Gasteiger charge is -2.36. The third-order valence-corrected chi connectivity index (χ3v) is 3.95. The van der Waals surface area contributed by atoms with Crippen molar-refractivity contribution in [2.24, 2.45) is 5.92 Å². The van der Waals surface area contributed by atoms with Crippen LogP contribution in [0.1, 0.15) is 34.1 Å². The number of ether oxygens (including phenoxy) is 1. The Kier molecular flexibility index (Phi) is 7.54. The van der Waals surface area contributed by atoms with Gasteiger partial charge in [-0.1, -0.05) is 13.8 Å². The largest absolute Gasteiger partial charge is 0.374 e. The van der Waals surface area contributed by atoms with E-state index in [1.54, 1.807) is 0 Å². The van der Waals surface area contributed by atoms with E-state index < -0.39 is 0 Å². The van der Waals surface area contributed by atoms with Crippen molar-refractivity contribution in [3.05, 3.63) is 0 Å². The van der Waals surface area contributed by atoms with Gasteiger partial charge in [-0.15, -0.1) is 11.6 Å². The van der Waals surface area contributed by atoms with Crippen molar-refractivity contribution in [3.8, 4) is 0 Å². The molecule has 0 aliphatic carbocycles. The van der Waals surface area contributed by atoms with Crippen LogP contribution >= 0.6 is 11.6 Å². The molecule has 1 N–H and O–H groups in total. The average molecular weight is 277 g/mol. The van der Waals surface area contributed by atoms with Crippen LogP contribution in [0.25, 0.3) is 0 Å². The molecule has 108 valence electrons. The number of nitrogens with one attached hydrogen (secondary N) is 1. The molecule has 0 radical (unpaired) electrons. The maximum Gasteiger partial charge on any atom is 0.0826 e. The fourth-order valence-corrected chi connectivity index (χ4v) is 2.64. The van der Waals surface area contributed by atoms with Crippen molar-refractivity contribution in [2.75, 3.05) is 32.1 Å². The van der Waals surface area contributed by atoms with Gasteiger partial charge in [-0.3, -0.25) is 4.90 Å². The van der Waals surface area contributed by atoms with Gasteiger partial charge in [0.15, 0.2) is 0 Å². The molecule has 1 saturated heterocycles. The molecule has 0 aromatic rings. The summed E-state index contributed by atoms with van der Waals surface area (Å²) in [6.45, 7) is 12.9. The lowest BCUT2D eigenvalue weighted by atomic mass is 10.0. The molecule has 1 rings (SSSR count).